The first-order valence-corrected chi connectivity index (χ1v) is 6.75. The number of aryl methyl sites for hydroxylation is 1. The van der Waals surface area contributed by atoms with E-state index >= 15 is 0 Å². The largest absolute Gasteiger partial charge is 0.337 e. The highest BCUT2D eigenvalue weighted by atomic mass is 32.2. The van der Waals surface area contributed by atoms with Gasteiger partial charge in [0.05, 0.1) is 20.4 Å². The third kappa shape index (κ3) is 1.40. The van der Waals surface area contributed by atoms with Crippen molar-refractivity contribution in [2.45, 2.75) is 6.92 Å². The van der Waals surface area contributed by atoms with Crippen LogP contribution in [0.1, 0.15) is 5.56 Å². The zero-order chi connectivity index (χ0) is 10.6. The minimum atomic E-state index is 0.811. The number of H-pyrrole nitrogens is 2. The average molecular weight is 270 g/mol. The number of rotatable bonds is 0. The van der Waals surface area contributed by atoms with Gasteiger partial charge in [0.1, 0.15) is 0 Å². The summed E-state index contributed by atoms with van der Waals surface area (Å²) < 4.78 is 4.01. The quantitative estimate of drug-likeness (QED) is 0.588. The van der Waals surface area contributed by atoms with E-state index in [9.17, 15) is 0 Å². The molecule has 2 heterocycles. The van der Waals surface area contributed by atoms with Crippen molar-refractivity contribution in [3.05, 3.63) is 19.5 Å². The van der Waals surface area contributed by atoms with Gasteiger partial charge in [-0.2, -0.15) is 0 Å². The van der Waals surface area contributed by atoms with Crippen LogP contribution in [0.25, 0.3) is 20.4 Å². The second-order valence-corrected chi connectivity index (χ2v) is 6.71. The van der Waals surface area contributed by atoms with E-state index in [0.717, 1.165) is 18.9 Å². The fraction of sp³-hybridized carbons (Fsp3) is 0.111. The summed E-state index contributed by atoms with van der Waals surface area (Å²) in [5, 5.41) is 0. The Labute approximate surface area is 104 Å². The number of benzene rings is 1. The van der Waals surface area contributed by atoms with Crippen LogP contribution in [0, 0.1) is 14.8 Å². The highest BCUT2D eigenvalue weighted by Crippen LogP contribution is 2.32. The van der Waals surface area contributed by atoms with Crippen molar-refractivity contribution in [1.29, 1.82) is 0 Å². The topological polar surface area (TPSA) is 31.6 Å². The molecule has 0 aliphatic carbocycles. The van der Waals surface area contributed by atoms with E-state index in [1.165, 1.54) is 15.0 Å². The monoisotopic (exact) mass is 270 g/mol. The van der Waals surface area contributed by atoms with E-state index in [2.05, 4.69) is 23.0 Å². The Bertz CT molecular complexity index is 771. The average Bonchev–Trinajstić information content (AvgIpc) is 2.68. The molecule has 2 aromatic heterocycles. The predicted molar refractivity (Wildman–Crippen MR) is 72.3 cm³/mol. The van der Waals surface area contributed by atoms with Gasteiger partial charge in [-0.25, -0.2) is 0 Å². The van der Waals surface area contributed by atoms with Gasteiger partial charge in [-0.15, -0.1) is 22.7 Å². The number of fused-ring (bicyclic) bond motifs is 3. The fourth-order valence-corrected chi connectivity index (χ4v) is 4.21. The van der Waals surface area contributed by atoms with Gasteiger partial charge in [0.2, 0.25) is 0 Å². The lowest BCUT2D eigenvalue weighted by Gasteiger charge is -1.95. The zero-order valence-electron chi connectivity index (χ0n) is 7.71. The molecule has 2 nitrogen and oxygen atoms in total. The van der Waals surface area contributed by atoms with Gasteiger partial charge in [0.25, 0.3) is 0 Å². The second-order valence-electron chi connectivity index (χ2n) is 3.30. The lowest BCUT2D eigenvalue weighted by atomic mass is 10.2. The van der Waals surface area contributed by atoms with Crippen molar-refractivity contribution in [2.24, 2.45) is 0 Å². The van der Waals surface area contributed by atoms with E-state index in [4.69, 9.17) is 24.4 Å². The summed E-state index contributed by atoms with van der Waals surface area (Å²) in [5.74, 6) is 0. The van der Waals surface area contributed by atoms with Crippen LogP contribution in [-0.4, -0.2) is 9.97 Å². The maximum Gasteiger partial charge on any atom is 0.159 e. The van der Waals surface area contributed by atoms with Crippen molar-refractivity contribution < 1.29 is 0 Å². The molecule has 0 atom stereocenters. The molecule has 15 heavy (non-hydrogen) atoms. The van der Waals surface area contributed by atoms with E-state index in [1.54, 1.807) is 22.7 Å². The summed E-state index contributed by atoms with van der Waals surface area (Å²) in [6.45, 7) is 2.09. The van der Waals surface area contributed by atoms with Crippen LogP contribution in [-0.2, 0) is 0 Å². The van der Waals surface area contributed by atoms with Gasteiger partial charge in [0, 0.05) is 0 Å². The van der Waals surface area contributed by atoms with Gasteiger partial charge in [-0.1, -0.05) is 0 Å². The summed E-state index contributed by atoms with van der Waals surface area (Å²) in [5.41, 5.74) is 3.46. The van der Waals surface area contributed by atoms with Crippen molar-refractivity contribution in [2.75, 3.05) is 0 Å². The number of hydrogen-bond donors (Lipinski definition) is 2. The first-order valence-electron chi connectivity index (χ1n) is 4.30. The Balaban J connectivity index is 2.73. The Morgan fingerprint density at radius 2 is 1.73 bits per heavy atom. The Hall–Kier alpha value is -0.560. The standard InChI is InChI=1S/C9H6N2S4/c1-3-2-4-6(11-8(12)14-4)7-5(3)10-9(13)15-7/h2H,1H3,(H,10,13)(H,11,12). The van der Waals surface area contributed by atoms with Gasteiger partial charge in [0.15, 0.2) is 7.91 Å². The zero-order valence-corrected chi connectivity index (χ0v) is 11.0. The lowest BCUT2D eigenvalue weighted by molar-refractivity contribution is 1.41. The predicted octanol–water partition coefficient (Wildman–Crippen LogP) is 4.54. The first kappa shape index (κ1) is 9.65. The van der Waals surface area contributed by atoms with Crippen molar-refractivity contribution in [3.63, 3.8) is 0 Å². The molecule has 0 aliphatic rings. The smallest absolute Gasteiger partial charge is 0.159 e. The molecule has 0 fully saturated rings. The number of nitrogens with one attached hydrogen (secondary N) is 2. The van der Waals surface area contributed by atoms with Crippen LogP contribution in [0.2, 0.25) is 0 Å². The third-order valence-corrected chi connectivity index (χ3v) is 4.73. The van der Waals surface area contributed by atoms with Gasteiger partial charge in [-0.05, 0) is 43.0 Å². The summed E-state index contributed by atoms with van der Waals surface area (Å²) in [6.07, 6.45) is 0. The van der Waals surface area contributed by atoms with Crippen LogP contribution in [0.5, 0.6) is 0 Å². The third-order valence-electron chi connectivity index (χ3n) is 2.29. The summed E-state index contributed by atoms with van der Waals surface area (Å²) in [4.78, 5) is 6.43. The fourth-order valence-electron chi connectivity index (χ4n) is 1.66. The van der Waals surface area contributed by atoms with Crippen molar-refractivity contribution in [1.82, 2.24) is 9.97 Å². The number of aromatic nitrogens is 2. The van der Waals surface area contributed by atoms with Gasteiger partial charge >= 0.3 is 0 Å². The van der Waals surface area contributed by atoms with Gasteiger partial charge < -0.3 is 9.97 Å². The molecule has 0 bridgehead atoms. The highest BCUT2D eigenvalue weighted by Gasteiger charge is 2.08. The summed E-state index contributed by atoms with van der Waals surface area (Å²) in [7, 11) is 0. The molecule has 0 radical (unpaired) electrons. The molecule has 3 aromatic rings. The maximum absolute atomic E-state index is 5.17. The Morgan fingerprint density at radius 3 is 2.53 bits per heavy atom. The number of aromatic amines is 2. The minimum absolute atomic E-state index is 0.811. The molecule has 0 aliphatic heterocycles. The minimum Gasteiger partial charge on any atom is -0.337 e. The SMILES string of the molecule is Cc1cc2sc(=S)[nH]c2c2sc(=S)[nH]c12. The van der Waals surface area contributed by atoms with E-state index in [-0.39, 0.29) is 0 Å². The van der Waals surface area contributed by atoms with Crippen LogP contribution >= 0.6 is 47.1 Å². The van der Waals surface area contributed by atoms with Crippen molar-refractivity contribution >= 4 is 67.5 Å². The van der Waals surface area contributed by atoms with Crippen molar-refractivity contribution in [3.8, 4) is 0 Å². The molecule has 3 rings (SSSR count). The molecule has 0 amide bonds. The second kappa shape index (κ2) is 3.21. The maximum atomic E-state index is 5.17. The first-order chi connectivity index (χ1) is 7.15. The summed E-state index contributed by atoms with van der Waals surface area (Å²) in [6, 6.07) is 2.15. The van der Waals surface area contributed by atoms with Crippen LogP contribution in [0.4, 0.5) is 0 Å². The van der Waals surface area contributed by atoms with E-state index in [1.807, 2.05) is 0 Å². The molecule has 0 spiro atoms. The Kier molecular flexibility index (Phi) is 2.07. The van der Waals surface area contributed by atoms with E-state index in [0.29, 0.717) is 0 Å². The molecule has 76 valence electrons. The molecule has 0 saturated carbocycles. The van der Waals surface area contributed by atoms with Crippen LogP contribution in [0.3, 0.4) is 0 Å². The van der Waals surface area contributed by atoms with Crippen LogP contribution in [0.15, 0.2) is 6.07 Å². The molecule has 2 N–H and O–H groups in total. The Morgan fingerprint density at radius 1 is 1.07 bits per heavy atom. The normalized spacial score (nSPS) is 11.5. The van der Waals surface area contributed by atoms with Gasteiger partial charge in [-0.3, -0.25) is 0 Å². The van der Waals surface area contributed by atoms with E-state index < -0.39 is 0 Å². The molecular formula is C9H6N2S4. The summed E-state index contributed by atoms with van der Waals surface area (Å²) >= 11 is 13.5. The number of hydrogen-bond acceptors (Lipinski definition) is 4. The molecule has 1 aromatic carbocycles. The lowest BCUT2D eigenvalue weighted by Crippen LogP contribution is -1.77. The highest BCUT2D eigenvalue weighted by molar-refractivity contribution is 7.74. The van der Waals surface area contributed by atoms with Crippen LogP contribution < -0.4 is 0 Å². The number of thiazole rings is 2. The molecule has 0 saturated heterocycles. The molecule has 6 heteroatoms. The molecule has 0 unspecified atom stereocenters. The molecular weight excluding hydrogens is 264 g/mol.